The van der Waals surface area contributed by atoms with Crippen LogP contribution in [0.1, 0.15) is 27.9 Å². The first-order valence-electron chi connectivity index (χ1n) is 18.6. The second-order valence-corrected chi connectivity index (χ2v) is 14.0. The molecule has 0 atom stereocenters. The van der Waals surface area contributed by atoms with Crippen molar-refractivity contribution in [1.82, 2.24) is 19.9 Å². The summed E-state index contributed by atoms with van der Waals surface area (Å²) in [5.74, 6) is 0.336. The molecule has 1 aliphatic carbocycles. The Bertz CT molecular complexity index is 3070. The van der Waals surface area contributed by atoms with Crippen molar-refractivity contribution in [2.24, 2.45) is 0 Å². The Labute approximate surface area is 329 Å². The Morgan fingerprint density at radius 1 is 0.491 bits per heavy atom. The summed E-state index contributed by atoms with van der Waals surface area (Å²) in [6.07, 6.45) is 3.31. The van der Waals surface area contributed by atoms with Crippen molar-refractivity contribution < 1.29 is 0 Å². The molecule has 0 radical (unpaired) electrons. The lowest BCUT2D eigenvalue weighted by molar-refractivity contribution is 0.769. The van der Waals surface area contributed by atoms with Crippen LogP contribution in [0.3, 0.4) is 0 Å². The molecule has 0 amide bonds. The number of benzene rings is 5. The van der Waals surface area contributed by atoms with Gasteiger partial charge in [0.1, 0.15) is 18.0 Å². The highest BCUT2D eigenvalue weighted by molar-refractivity contribution is 6.10. The average molecular weight is 727 g/mol. The van der Waals surface area contributed by atoms with Crippen LogP contribution in [-0.4, -0.2) is 19.9 Å². The maximum absolute atomic E-state index is 9.52. The Balaban J connectivity index is 1.25. The molecule has 6 nitrogen and oxygen atoms in total. The molecule has 0 N–H and O–H groups in total. The molecule has 0 unspecified atom stereocenters. The minimum absolute atomic E-state index is 0.336. The molecule has 5 aromatic carbocycles. The van der Waals surface area contributed by atoms with E-state index in [1.165, 1.54) is 22.3 Å². The van der Waals surface area contributed by atoms with Gasteiger partial charge in [0.2, 0.25) is 0 Å². The number of rotatable bonds is 6. The van der Waals surface area contributed by atoms with E-state index in [-0.39, 0.29) is 0 Å². The van der Waals surface area contributed by atoms with Crippen LogP contribution in [0.4, 0.5) is 5.82 Å². The molecule has 0 fully saturated rings. The monoisotopic (exact) mass is 726 g/mol. The van der Waals surface area contributed by atoms with Crippen LogP contribution >= 0.6 is 0 Å². The van der Waals surface area contributed by atoms with Gasteiger partial charge in [0, 0.05) is 22.9 Å². The molecule has 0 bridgehead atoms. The van der Waals surface area contributed by atoms with E-state index in [0.29, 0.717) is 11.5 Å². The van der Waals surface area contributed by atoms with Gasteiger partial charge in [-0.3, -0.25) is 0 Å². The lowest BCUT2D eigenvalue weighted by atomic mass is 9.67. The fraction of sp³-hybridized carbons (Fsp3) is 0.0196. The minimum atomic E-state index is -0.695. The summed E-state index contributed by atoms with van der Waals surface area (Å²) in [6.45, 7) is 7.52. The van der Waals surface area contributed by atoms with Gasteiger partial charge in [-0.05, 0) is 110 Å². The lowest BCUT2D eigenvalue weighted by Crippen LogP contribution is -2.28. The summed E-state index contributed by atoms with van der Waals surface area (Å²) in [7, 11) is 0. The van der Waals surface area contributed by atoms with Crippen molar-refractivity contribution in [3.8, 4) is 62.2 Å². The highest BCUT2D eigenvalue weighted by atomic mass is 14.9. The van der Waals surface area contributed by atoms with Gasteiger partial charge in [-0.25, -0.2) is 15.0 Å². The van der Waals surface area contributed by atoms with Crippen LogP contribution in [0, 0.1) is 17.9 Å². The standard InChI is InChI=1S/C51H30N6/c1-53-49-30-35(25-27-55-49)47-20-11-21-48(57-47)42-31-44-50(40-17-9-8-16-39(40)42)41-23-22-33(45-18-10-19-46(56-45)34-24-26-54-38(28-34)32-52)29-43(41)51(44,36-12-4-2-5-13-36)37-14-6-3-7-15-37/h2-31H. The molecule has 0 saturated heterocycles. The predicted octanol–water partition coefficient (Wildman–Crippen LogP) is 11.9. The zero-order valence-electron chi connectivity index (χ0n) is 30.5. The van der Waals surface area contributed by atoms with Crippen LogP contribution in [-0.2, 0) is 5.41 Å². The third kappa shape index (κ3) is 5.48. The molecule has 6 heteroatoms. The summed E-state index contributed by atoms with van der Waals surface area (Å²) < 4.78 is 0. The molecular weight excluding hydrogens is 697 g/mol. The van der Waals surface area contributed by atoms with Crippen molar-refractivity contribution in [3.63, 3.8) is 0 Å². The summed E-state index contributed by atoms with van der Waals surface area (Å²) in [4.78, 5) is 22.3. The number of nitrogens with zero attached hydrogens (tertiary/aromatic N) is 6. The Morgan fingerprint density at radius 3 is 1.74 bits per heavy atom. The van der Waals surface area contributed by atoms with Gasteiger partial charge in [-0.1, -0.05) is 116 Å². The number of fused-ring (bicyclic) bond motifs is 5. The van der Waals surface area contributed by atoms with E-state index in [1.54, 1.807) is 24.5 Å². The molecule has 264 valence electrons. The molecule has 1 aliphatic rings. The van der Waals surface area contributed by atoms with E-state index in [0.717, 1.165) is 66.9 Å². The van der Waals surface area contributed by atoms with Crippen LogP contribution in [0.5, 0.6) is 0 Å². The average Bonchev–Trinajstić information content (AvgIpc) is 3.60. The van der Waals surface area contributed by atoms with E-state index in [1.807, 2.05) is 42.5 Å². The SMILES string of the molecule is [C-]#[N+]c1cc(-c2cccc(-c3cc4c(c5ccccc35)-c3ccc(-c5cccc(-c6ccnc(C#N)c6)n5)cc3C4(c3ccccc3)c3ccccc3)n2)ccn1. The number of nitriles is 1. The fourth-order valence-electron chi connectivity index (χ4n) is 8.51. The van der Waals surface area contributed by atoms with Crippen molar-refractivity contribution in [1.29, 1.82) is 5.26 Å². The van der Waals surface area contributed by atoms with Gasteiger partial charge in [-0.2, -0.15) is 5.26 Å². The third-order valence-corrected chi connectivity index (χ3v) is 11.0. The quantitative estimate of drug-likeness (QED) is 0.159. The second-order valence-electron chi connectivity index (χ2n) is 14.0. The zero-order valence-corrected chi connectivity index (χ0v) is 30.5. The third-order valence-electron chi connectivity index (χ3n) is 11.0. The number of aromatic nitrogens is 4. The number of hydrogen-bond donors (Lipinski definition) is 0. The van der Waals surface area contributed by atoms with Crippen molar-refractivity contribution in [2.75, 3.05) is 0 Å². The Morgan fingerprint density at radius 2 is 1.07 bits per heavy atom. The molecule has 0 aliphatic heterocycles. The van der Waals surface area contributed by atoms with Crippen LogP contribution in [0.25, 0.3) is 71.8 Å². The second kappa shape index (κ2) is 13.7. The molecule has 9 aromatic rings. The maximum atomic E-state index is 9.52. The Hall–Kier alpha value is -8.06. The summed E-state index contributed by atoms with van der Waals surface area (Å²) in [5, 5.41) is 11.8. The van der Waals surface area contributed by atoms with E-state index in [4.69, 9.17) is 16.5 Å². The largest absolute Gasteiger partial charge is 0.361 e. The molecule has 0 saturated carbocycles. The van der Waals surface area contributed by atoms with E-state index in [2.05, 4.69) is 136 Å². The topological polar surface area (TPSA) is 79.7 Å². The van der Waals surface area contributed by atoms with Crippen LogP contribution in [0.2, 0.25) is 0 Å². The first-order valence-corrected chi connectivity index (χ1v) is 18.6. The number of pyridine rings is 4. The normalized spacial score (nSPS) is 12.3. The van der Waals surface area contributed by atoms with Gasteiger partial charge in [0.05, 0.1) is 28.2 Å². The van der Waals surface area contributed by atoms with Crippen LogP contribution < -0.4 is 0 Å². The zero-order chi connectivity index (χ0) is 38.3. The van der Waals surface area contributed by atoms with E-state index in [9.17, 15) is 5.26 Å². The highest BCUT2D eigenvalue weighted by Gasteiger charge is 2.47. The van der Waals surface area contributed by atoms with Crippen molar-refractivity contribution >= 4 is 16.6 Å². The summed E-state index contributed by atoms with van der Waals surface area (Å²) in [6, 6.07) is 60.9. The molecule has 4 heterocycles. The molecule has 10 rings (SSSR count). The van der Waals surface area contributed by atoms with Crippen molar-refractivity contribution in [2.45, 2.75) is 5.41 Å². The summed E-state index contributed by atoms with van der Waals surface area (Å²) >= 11 is 0. The molecule has 57 heavy (non-hydrogen) atoms. The minimum Gasteiger partial charge on any atom is -0.361 e. The predicted molar refractivity (Wildman–Crippen MR) is 225 cm³/mol. The lowest BCUT2D eigenvalue weighted by Gasteiger charge is -2.34. The molecule has 4 aromatic heterocycles. The van der Waals surface area contributed by atoms with E-state index < -0.39 is 5.41 Å². The maximum Gasteiger partial charge on any atom is 0.270 e. The fourth-order valence-corrected chi connectivity index (χ4v) is 8.51. The highest BCUT2D eigenvalue weighted by Crippen LogP contribution is 2.59. The summed E-state index contributed by atoms with van der Waals surface area (Å²) in [5.41, 5.74) is 13.6. The molecular formula is C51H30N6. The van der Waals surface area contributed by atoms with Gasteiger partial charge in [-0.15, -0.1) is 4.98 Å². The van der Waals surface area contributed by atoms with E-state index >= 15 is 0 Å². The molecule has 0 spiro atoms. The first-order chi connectivity index (χ1) is 28.1. The van der Waals surface area contributed by atoms with Crippen LogP contribution in [0.15, 0.2) is 182 Å². The first kappa shape index (κ1) is 33.5. The smallest absolute Gasteiger partial charge is 0.270 e. The van der Waals surface area contributed by atoms with Gasteiger partial charge < -0.3 is 4.85 Å². The Kier molecular flexibility index (Phi) is 8.03. The van der Waals surface area contributed by atoms with Gasteiger partial charge in [0.15, 0.2) is 0 Å². The van der Waals surface area contributed by atoms with Gasteiger partial charge >= 0.3 is 0 Å². The van der Waals surface area contributed by atoms with Gasteiger partial charge in [0.25, 0.3) is 5.82 Å². The number of hydrogen-bond acceptors (Lipinski definition) is 5. The van der Waals surface area contributed by atoms with Crippen molar-refractivity contribution in [3.05, 3.63) is 222 Å².